The zero-order valence-corrected chi connectivity index (χ0v) is 8.40. The van der Waals surface area contributed by atoms with Crippen LogP contribution >= 0.6 is 0 Å². The summed E-state index contributed by atoms with van der Waals surface area (Å²) >= 11 is 0. The summed E-state index contributed by atoms with van der Waals surface area (Å²) in [7, 11) is 1.53. The van der Waals surface area contributed by atoms with Crippen molar-refractivity contribution in [3.8, 4) is 0 Å². The van der Waals surface area contributed by atoms with Gasteiger partial charge in [0.25, 0.3) is 0 Å². The van der Waals surface area contributed by atoms with Gasteiger partial charge >= 0.3 is 5.97 Å². The molecule has 0 aromatic carbocycles. The molecule has 0 heterocycles. The van der Waals surface area contributed by atoms with E-state index < -0.39 is 5.97 Å². The lowest BCUT2D eigenvalue weighted by molar-refractivity contribution is -0.146. The van der Waals surface area contributed by atoms with E-state index in [9.17, 15) is 4.79 Å². The highest BCUT2D eigenvalue weighted by atomic mass is 16.6. The van der Waals surface area contributed by atoms with Gasteiger partial charge in [-0.2, -0.15) is 0 Å². The van der Waals surface area contributed by atoms with E-state index in [0.29, 0.717) is 13.2 Å². The molecule has 82 valence electrons. The van der Waals surface area contributed by atoms with Crippen LogP contribution in [-0.4, -0.2) is 45.5 Å². The summed E-state index contributed by atoms with van der Waals surface area (Å²) in [5, 5.41) is 0. The quantitative estimate of drug-likeness (QED) is 0.333. The van der Waals surface area contributed by atoms with Gasteiger partial charge in [-0.05, 0) is 0 Å². The van der Waals surface area contributed by atoms with Crippen molar-refractivity contribution >= 4 is 5.97 Å². The van der Waals surface area contributed by atoms with Crippen LogP contribution in [0.1, 0.15) is 0 Å². The Labute approximate surface area is 83.8 Å². The molecule has 1 atom stereocenters. The second-order valence-corrected chi connectivity index (χ2v) is 2.57. The van der Waals surface area contributed by atoms with Gasteiger partial charge in [-0.3, -0.25) is 4.79 Å². The van der Waals surface area contributed by atoms with Gasteiger partial charge in [-0.15, -0.1) is 6.58 Å². The van der Waals surface area contributed by atoms with Crippen LogP contribution in [0.4, 0.5) is 0 Å². The van der Waals surface area contributed by atoms with Crippen LogP contribution in [0.15, 0.2) is 12.7 Å². The second kappa shape index (κ2) is 8.68. The third kappa shape index (κ3) is 6.59. The summed E-state index contributed by atoms with van der Waals surface area (Å²) in [6, 6.07) is 0. The Hall–Kier alpha value is -0.910. The summed E-state index contributed by atoms with van der Waals surface area (Å²) in [4.78, 5) is 10.7. The molecule has 0 radical (unpaired) electrons. The van der Waals surface area contributed by atoms with Gasteiger partial charge in [0.2, 0.25) is 0 Å². The second-order valence-electron chi connectivity index (χ2n) is 2.57. The maximum atomic E-state index is 10.7. The standard InChI is InChI=1S/C9H17NO4/c1-3-4-13-6-8(12-2)7-14-9(11)5-10/h3,8H,1,4-7,10H2,2H3. The van der Waals surface area contributed by atoms with Crippen molar-refractivity contribution in [2.45, 2.75) is 6.10 Å². The van der Waals surface area contributed by atoms with Crippen LogP contribution in [0.25, 0.3) is 0 Å². The Morgan fingerprint density at radius 1 is 1.57 bits per heavy atom. The molecule has 0 aliphatic rings. The first-order valence-corrected chi connectivity index (χ1v) is 4.31. The summed E-state index contributed by atoms with van der Waals surface area (Å²) in [5.74, 6) is -0.448. The van der Waals surface area contributed by atoms with E-state index in [4.69, 9.17) is 19.9 Å². The summed E-state index contributed by atoms with van der Waals surface area (Å²) in [5.41, 5.74) is 5.06. The number of rotatable bonds is 8. The van der Waals surface area contributed by atoms with Gasteiger partial charge < -0.3 is 19.9 Å². The maximum Gasteiger partial charge on any atom is 0.319 e. The Kier molecular flexibility index (Phi) is 8.11. The molecule has 14 heavy (non-hydrogen) atoms. The van der Waals surface area contributed by atoms with E-state index in [2.05, 4.69) is 6.58 Å². The Morgan fingerprint density at radius 2 is 2.29 bits per heavy atom. The number of nitrogens with two attached hydrogens (primary N) is 1. The van der Waals surface area contributed by atoms with Gasteiger partial charge in [0, 0.05) is 7.11 Å². The monoisotopic (exact) mass is 203 g/mol. The number of hydrogen-bond donors (Lipinski definition) is 1. The number of ether oxygens (including phenoxy) is 3. The highest BCUT2D eigenvalue weighted by Gasteiger charge is 2.09. The summed E-state index contributed by atoms with van der Waals surface area (Å²) < 4.78 is 14.9. The zero-order chi connectivity index (χ0) is 10.8. The summed E-state index contributed by atoms with van der Waals surface area (Å²) in [6.45, 7) is 4.35. The van der Waals surface area contributed by atoms with Crippen LogP contribution in [-0.2, 0) is 19.0 Å². The van der Waals surface area contributed by atoms with Crippen molar-refractivity contribution in [2.24, 2.45) is 5.73 Å². The topological polar surface area (TPSA) is 70.8 Å². The SMILES string of the molecule is C=CCOCC(COC(=O)CN)OC. The van der Waals surface area contributed by atoms with Gasteiger partial charge in [0.15, 0.2) is 0 Å². The Balaban J connectivity index is 3.57. The molecular formula is C9H17NO4. The predicted molar refractivity (Wildman–Crippen MR) is 51.8 cm³/mol. The van der Waals surface area contributed by atoms with E-state index in [1.54, 1.807) is 6.08 Å². The molecule has 0 saturated heterocycles. The highest BCUT2D eigenvalue weighted by molar-refractivity contribution is 5.71. The van der Waals surface area contributed by atoms with E-state index in [-0.39, 0.29) is 19.3 Å². The molecule has 0 aliphatic carbocycles. The van der Waals surface area contributed by atoms with Crippen molar-refractivity contribution in [1.82, 2.24) is 0 Å². The molecule has 0 bridgehead atoms. The maximum absolute atomic E-state index is 10.7. The van der Waals surface area contributed by atoms with Crippen molar-refractivity contribution in [3.63, 3.8) is 0 Å². The number of carbonyl (C=O) groups excluding carboxylic acids is 1. The van der Waals surface area contributed by atoms with Gasteiger partial charge in [-0.25, -0.2) is 0 Å². The average Bonchev–Trinajstić information content (AvgIpc) is 2.22. The number of carbonyl (C=O) groups is 1. The fraction of sp³-hybridized carbons (Fsp3) is 0.667. The summed E-state index contributed by atoms with van der Waals surface area (Å²) in [6.07, 6.45) is 1.38. The average molecular weight is 203 g/mol. The zero-order valence-electron chi connectivity index (χ0n) is 8.40. The first kappa shape index (κ1) is 13.1. The first-order valence-electron chi connectivity index (χ1n) is 4.31. The minimum absolute atomic E-state index is 0.121. The van der Waals surface area contributed by atoms with Gasteiger partial charge in [0.05, 0.1) is 19.8 Å². The van der Waals surface area contributed by atoms with Crippen LogP contribution in [0.2, 0.25) is 0 Å². The third-order valence-corrected chi connectivity index (χ3v) is 1.47. The lowest BCUT2D eigenvalue weighted by Gasteiger charge is -2.14. The minimum atomic E-state index is -0.448. The molecule has 1 unspecified atom stereocenters. The van der Waals surface area contributed by atoms with E-state index in [1.807, 2.05) is 0 Å². The molecule has 5 heteroatoms. The minimum Gasteiger partial charge on any atom is -0.462 e. The molecule has 0 fully saturated rings. The van der Waals surface area contributed by atoms with E-state index in [0.717, 1.165) is 0 Å². The van der Waals surface area contributed by atoms with Crippen LogP contribution in [0.3, 0.4) is 0 Å². The lowest BCUT2D eigenvalue weighted by Crippen LogP contribution is -2.28. The van der Waals surface area contributed by atoms with E-state index in [1.165, 1.54) is 7.11 Å². The number of esters is 1. The molecule has 0 saturated carbocycles. The fourth-order valence-corrected chi connectivity index (χ4v) is 0.712. The Bertz CT molecular complexity index is 172. The van der Waals surface area contributed by atoms with Crippen LogP contribution in [0, 0.1) is 0 Å². The predicted octanol–water partition coefficient (Wildman–Crippen LogP) is -0.294. The third-order valence-electron chi connectivity index (χ3n) is 1.47. The van der Waals surface area contributed by atoms with Gasteiger partial charge in [-0.1, -0.05) is 6.08 Å². The number of methoxy groups -OCH3 is 1. The fourth-order valence-electron chi connectivity index (χ4n) is 0.712. The normalized spacial score (nSPS) is 12.1. The molecule has 0 aromatic rings. The largest absolute Gasteiger partial charge is 0.462 e. The molecule has 0 aliphatic heterocycles. The van der Waals surface area contributed by atoms with Crippen LogP contribution in [0.5, 0.6) is 0 Å². The molecule has 5 nitrogen and oxygen atoms in total. The highest BCUT2D eigenvalue weighted by Crippen LogP contribution is 1.93. The molecule has 0 aromatic heterocycles. The molecule has 2 N–H and O–H groups in total. The molecular weight excluding hydrogens is 186 g/mol. The van der Waals surface area contributed by atoms with Crippen molar-refractivity contribution < 1.29 is 19.0 Å². The molecule has 0 amide bonds. The lowest BCUT2D eigenvalue weighted by atomic mass is 10.4. The van der Waals surface area contributed by atoms with Crippen molar-refractivity contribution in [3.05, 3.63) is 12.7 Å². The Morgan fingerprint density at radius 3 is 2.79 bits per heavy atom. The van der Waals surface area contributed by atoms with Crippen LogP contribution < -0.4 is 5.73 Å². The smallest absolute Gasteiger partial charge is 0.319 e. The van der Waals surface area contributed by atoms with Crippen molar-refractivity contribution in [2.75, 3.05) is 33.5 Å². The molecule has 0 rings (SSSR count). The first-order chi connectivity index (χ1) is 6.74. The van der Waals surface area contributed by atoms with Gasteiger partial charge in [0.1, 0.15) is 12.7 Å². The van der Waals surface area contributed by atoms with E-state index >= 15 is 0 Å². The van der Waals surface area contributed by atoms with Crippen molar-refractivity contribution in [1.29, 1.82) is 0 Å². The molecule has 0 spiro atoms. The number of hydrogen-bond acceptors (Lipinski definition) is 5.